The summed E-state index contributed by atoms with van der Waals surface area (Å²) in [5.74, 6) is 3.18. The summed E-state index contributed by atoms with van der Waals surface area (Å²) in [4.78, 5) is 13.0. The summed E-state index contributed by atoms with van der Waals surface area (Å²) in [5, 5.41) is 3.09. The molecule has 0 spiro atoms. The molecule has 156 valence electrons. The van der Waals surface area contributed by atoms with E-state index in [4.69, 9.17) is 9.47 Å². The molecule has 4 heteroatoms. The molecule has 0 saturated heterocycles. The van der Waals surface area contributed by atoms with E-state index in [0.29, 0.717) is 41.1 Å². The van der Waals surface area contributed by atoms with Crippen LogP contribution in [0.5, 0.6) is 11.5 Å². The second-order valence-corrected chi connectivity index (χ2v) is 9.92. The number of anilines is 1. The van der Waals surface area contributed by atoms with Crippen molar-refractivity contribution in [1.82, 2.24) is 0 Å². The standard InChI is InChI=1S/C24H37NO3/c1-16-8-9-21-23(2,3)10-7-11-24(21,4)20(16)15-22(26)25-17-12-18(27-5)14-19(13-17)28-6/h12-14,16,20-21H,7-11,15H2,1-6H3,(H,25,26). The average Bonchev–Trinajstić information content (AvgIpc) is 2.63. The van der Waals surface area contributed by atoms with Crippen LogP contribution in [-0.4, -0.2) is 20.1 Å². The van der Waals surface area contributed by atoms with Crippen LogP contribution in [0, 0.1) is 28.6 Å². The van der Waals surface area contributed by atoms with Crippen LogP contribution < -0.4 is 14.8 Å². The molecule has 1 aromatic rings. The van der Waals surface area contributed by atoms with Gasteiger partial charge in [0.15, 0.2) is 0 Å². The summed E-state index contributed by atoms with van der Waals surface area (Å²) < 4.78 is 10.6. The second kappa shape index (κ2) is 7.96. The zero-order valence-corrected chi connectivity index (χ0v) is 18.4. The number of carbonyl (C=O) groups excluding carboxylic acids is 1. The molecule has 1 amide bonds. The molecule has 4 unspecified atom stereocenters. The minimum absolute atomic E-state index is 0.0948. The monoisotopic (exact) mass is 387 g/mol. The molecular weight excluding hydrogens is 350 g/mol. The lowest BCUT2D eigenvalue weighted by molar-refractivity contribution is -0.127. The number of benzene rings is 1. The van der Waals surface area contributed by atoms with Crippen molar-refractivity contribution < 1.29 is 14.3 Å². The van der Waals surface area contributed by atoms with E-state index >= 15 is 0 Å². The second-order valence-electron chi connectivity index (χ2n) is 9.92. The smallest absolute Gasteiger partial charge is 0.224 e. The maximum atomic E-state index is 13.0. The Labute approximate surface area is 170 Å². The van der Waals surface area contributed by atoms with Crippen LogP contribution >= 0.6 is 0 Å². The number of amides is 1. The van der Waals surface area contributed by atoms with E-state index in [0.717, 1.165) is 5.69 Å². The third-order valence-electron chi connectivity index (χ3n) is 7.76. The molecule has 4 atom stereocenters. The van der Waals surface area contributed by atoms with Crippen molar-refractivity contribution in [3.63, 3.8) is 0 Å². The molecule has 4 nitrogen and oxygen atoms in total. The average molecular weight is 388 g/mol. The molecule has 2 saturated carbocycles. The number of carbonyl (C=O) groups is 1. The van der Waals surface area contributed by atoms with Crippen molar-refractivity contribution in [3.8, 4) is 11.5 Å². The molecule has 0 radical (unpaired) electrons. The van der Waals surface area contributed by atoms with E-state index in [-0.39, 0.29) is 11.3 Å². The van der Waals surface area contributed by atoms with Crippen LogP contribution in [0.1, 0.15) is 66.2 Å². The lowest BCUT2D eigenvalue weighted by Crippen LogP contribution is -2.51. The summed E-state index contributed by atoms with van der Waals surface area (Å²) in [7, 11) is 3.24. The first-order valence-corrected chi connectivity index (χ1v) is 10.7. The van der Waals surface area contributed by atoms with Crippen LogP contribution in [0.25, 0.3) is 0 Å². The highest BCUT2D eigenvalue weighted by molar-refractivity contribution is 5.91. The van der Waals surface area contributed by atoms with Gasteiger partial charge in [-0.25, -0.2) is 0 Å². The number of ether oxygens (including phenoxy) is 2. The van der Waals surface area contributed by atoms with Gasteiger partial charge in [0.05, 0.1) is 14.2 Å². The van der Waals surface area contributed by atoms with E-state index in [9.17, 15) is 4.79 Å². The van der Waals surface area contributed by atoms with Gasteiger partial charge < -0.3 is 14.8 Å². The molecule has 2 fully saturated rings. The van der Waals surface area contributed by atoms with E-state index in [1.807, 2.05) is 18.2 Å². The number of methoxy groups -OCH3 is 2. The summed E-state index contributed by atoms with van der Waals surface area (Å²) in [6, 6.07) is 5.51. The summed E-state index contributed by atoms with van der Waals surface area (Å²) in [5.41, 5.74) is 1.36. The first-order chi connectivity index (χ1) is 13.2. The molecule has 28 heavy (non-hydrogen) atoms. The number of fused-ring (bicyclic) bond motifs is 1. The van der Waals surface area contributed by atoms with E-state index in [1.54, 1.807) is 14.2 Å². The Morgan fingerprint density at radius 2 is 1.71 bits per heavy atom. The topological polar surface area (TPSA) is 47.6 Å². The predicted octanol–water partition coefficient (Wildman–Crippen LogP) is 5.91. The summed E-state index contributed by atoms with van der Waals surface area (Å²) >= 11 is 0. The van der Waals surface area contributed by atoms with Crippen LogP contribution in [-0.2, 0) is 4.79 Å². The minimum Gasteiger partial charge on any atom is -0.497 e. The van der Waals surface area contributed by atoms with Gasteiger partial charge in [-0.1, -0.05) is 40.5 Å². The molecule has 0 aromatic heterocycles. The molecule has 0 bridgehead atoms. The third kappa shape index (κ3) is 4.01. The number of hydrogen-bond acceptors (Lipinski definition) is 3. The molecule has 2 aliphatic rings. The quantitative estimate of drug-likeness (QED) is 0.683. The van der Waals surface area contributed by atoms with E-state index < -0.39 is 0 Å². The summed E-state index contributed by atoms with van der Waals surface area (Å²) in [6.45, 7) is 9.67. The maximum absolute atomic E-state index is 13.0. The highest BCUT2D eigenvalue weighted by atomic mass is 16.5. The van der Waals surface area contributed by atoms with Gasteiger partial charge in [0.1, 0.15) is 11.5 Å². The lowest BCUT2D eigenvalue weighted by atomic mass is 9.46. The van der Waals surface area contributed by atoms with E-state index in [2.05, 4.69) is 33.0 Å². The molecule has 3 rings (SSSR count). The number of nitrogens with one attached hydrogen (secondary N) is 1. The molecule has 2 aliphatic carbocycles. The van der Waals surface area contributed by atoms with Gasteiger partial charge in [0.2, 0.25) is 5.91 Å². The zero-order valence-electron chi connectivity index (χ0n) is 18.4. The van der Waals surface area contributed by atoms with Crippen molar-refractivity contribution in [1.29, 1.82) is 0 Å². The van der Waals surface area contributed by atoms with Crippen LogP contribution in [0.2, 0.25) is 0 Å². The molecular formula is C24H37NO3. The summed E-state index contributed by atoms with van der Waals surface area (Å²) in [6.07, 6.45) is 6.95. The Morgan fingerprint density at radius 3 is 2.32 bits per heavy atom. The Balaban J connectivity index is 1.77. The molecule has 1 N–H and O–H groups in total. The maximum Gasteiger partial charge on any atom is 0.224 e. The molecule has 0 heterocycles. The normalized spacial score (nSPS) is 31.6. The van der Waals surface area contributed by atoms with Gasteiger partial charge in [-0.05, 0) is 47.8 Å². The molecule has 1 aromatic carbocycles. The Hall–Kier alpha value is -1.71. The van der Waals surface area contributed by atoms with Crippen molar-refractivity contribution in [2.24, 2.45) is 28.6 Å². The van der Waals surface area contributed by atoms with E-state index in [1.165, 1.54) is 32.1 Å². The van der Waals surface area contributed by atoms with Crippen molar-refractivity contribution in [2.45, 2.75) is 66.2 Å². The fraction of sp³-hybridized carbons (Fsp3) is 0.708. The van der Waals surface area contributed by atoms with Crippen molar-refractivity contribution in [2.75, 3.05) is 19.5 Å². The van der Waals surface area contributed by atoms with Crippen molar-refractivity contribution >= 4 is 11.6 Å². The van der Waals surface area contributed by atoms with Gasteiger partial charge in [0, 0.05) is 30.3 Å². The largest absolute Gasteiger partial charge is 0.497 e. The first-order valence-electron chi connectivity index (χ1n) is 10.7. The highest BCUT2D eigenvalue weighted by Gasteiger charge is 2.53. The highest BCUT2D eigenvalue weighted by Crippen LogP contribution is 2.61. The Kier molecular flexibility index (Phi) is 5.97. The Bertz CT molecular complexity index is 692. The van der Waals surface area contributed by atoms with Crippen LogP contribution in [0.15, 0.2) is 18.2 Å². The van der Waals surface area contributed by atoms with Crippen LogP contribution in [0.4, 0.5) is 5.69 Å². The number of hydrogen-bond donors (Lipinski definition) is 1. The van der Waals surface area contributed by atoms with Crippen LogP contribution in [0.3, 0.4) is 0 Å². The molecule has 0 aliphatic heterocycles. The van der Waals surface area contributed by atoms with Gasteiger partial charge in [-0.15, -0.1) is 0 Å². The lowest BCUT2D eigenvalue weighted by Gasteiger charge is -2.59. The third-order valence-corrected chi connectivity index (χ3v) is 7.76. The van der Waals surface area contributed by atoms with Gasteiger partial charge in [0.25, 0.3) is 0 Å². The predicted molar refractivity (Wildman–Crippen MR) is 114 cm³/mol. The first kappa shape index (κ1) is 21.0. The van der Waals surface area contributed by atoms with Gasteiger partial charge in [-0.3, -0.25) is 4.79 Å². The van der Waals surface area contributed by atoms with Crippen molar-refractivity contribution in [3.05, 3.63) is 18.2 Å². The SMILES string of the molecule is COc1cc(NC(=O)CC2C(C)CCC3C(C)(C)CCCC23C)cc(OC)c1. The van der Waals surface area contributed by atoms with Gasteiger partial charge >= 0.3 is 0 Å². The fourth-order valence-electron chi connectivity index (χ4n) is 6.34. The number of rotatable bonds is 5. The van der Waals surface area contributed by atoms with Gasteiger partial charge in [-0.2, -0.15) is 0 Å². The minimum atomic E-state index is 0.0948. The zero-order chi connectivity index (χ0) is 20.5. The fourth-order valence-corrected chi connectivity index (χ4v) is 6.34. The Morgan fingerprint density at radius 1 is 1.07 bits per heavy atom.